The summed E-state index contributed by atoms with van der Waals surface area (Å²) in [5, 5.41) is 22.8. The van der Waals surface area contributed by atoms with Crippen molar-refractivity contribution in [2.45, 2.75) is 25.3 Å². The van der Waals surface area contributed by atoms with Crippen molar-refractivity contribution in [3.05, 3.63) is 34.4 Å². The van der Waals surface area contributed by atoms with E-state index in [9.17, 15) is 19.7 Å². The summed E-state index contributed by atoms with van der Waals surface area (Å²) >= 11 is 0. The van der Waals surface area contributed by atoms with Crippen LogP contribution in [-0.4, -0.2) is 45.9 Å². The van der Waals surface area contributed by atoms with E-state index in [2.05, 4.69) is 5.32 Å². The summed E-state index contributed by atoms with van der Waals surface area (Å²) in [7, 11) is 0. The highest BCUT2D eigenvalue weighted by Gasteiger charge is 2.33. The number of nitrogens with zero attached hydrogens (tertiary/aromatic N) is 2. The molecule has 1 aliphatic heterocycles. The predicted octanol–water partition coefficient (Wildman–Crippen LogP) is 1.47. The molecule has 1 amide bonds. The highest BCUT2D eigenvalue weighted by Crippen LogP contribution is 2.23. The molecule has 1 aliphatic rings. The minimum atomic E-state index is -0.988. The molecule has 1 fully saturated rings. The topological polar surface area (TPSA) is 113 Å². The molecule has 8 nitrogen and oxygen atoms in total. The van der Waals surface area contributed by atoms with Gasteiger partial charge in [-0.3, -0.25) is 14.9 Å². The Morgan fingerprint density at radius 3 is 2.82 bits per heavy atom. The van der Waals surface area contributed by atoms with Gasteiger partial charge in [0.2, 0.25) is 5.91 Å². The van der Waals surface area contributed by atoms with Gasteiger partial charge in [0.1, 0.15) is 11.7 Å². The Hall–Kier alpha value is -2.64. The maximum absolute atomic E-state index is 12.1. The van der Waals surface area contributed by atoms with E-state index in [1.807, 2.05) is 0 Å². The average molecular weight is 307 g/mol. The van der Waals surface area contributed by atoms with Crippen molar-refractivity contribution in [2.75, 3.05) is 18.4 Å². The maximum Gasteiger partial charge on any atom is 0.326 e. The number of aliphatic carboxylic acids is 1. The fourth-order valence-electron chi connectivity index (χ4n) is 2.55. The summed E-state index contributed by atoms with van der Waals surface area (Å²) in [5.41, 5.74) is 0.288. The summed E-state index contributed by atoms with van der Waals surface area (Å²) in [6.07, 6.45) is 1.24. The number of carbonyl (C=O) groups excluding carboxylic acids is 1. The number of likely N-dealkylation sites (tertiary alicyclic amines) is 1. The minimum Gasteiger partial charge on any atom is -0.480 e. The fraction of sp³-hybridized carbons (Fsp3) is 0.429. The number of carboxylic acids is 1. The van der Waals surface area contributed by atoms with Crippen molar-refractivity contribution >= 4 is 23.3 Å². The van der Waals surface area contributed by atoms with E-state index in [0.29, 0.717) is 25.1 Å². The van der Waals surface area contributed by atoms with Gasteiger partial charge in [-0.05, 0) is 18.9 Å². The molecule has 1 atom stereocenters. The predicted molar refractivity (Wildman–Crippen MR) is 78.6 cm³/mol. The van der Waals surface area contributed by atoms with Crippen LogP contribution in [0.15, 0.2) is 24.3 Å². The lowest BCUT2D eigenvalue weighted by Gasteiger charge is -2.21. The van der Waals surface area contributed by atoms with Crippen molar-refractivity contribution in [1.82, 2.24) is 4.90 Å². The largest absolute Gasteiger partial charge is 0.480 e. The summed E-state index contributed by atoms with van der Waals surface area (Å²) in [6.45, 7) is 0.661. The monoisotopic (exact) mass is 307 g/mol. The zero-order valence-corrected chi connectivity index (χ0v) is 11.9. The van der Waals surface area contributed by atoms with Crippen molar-refractivity contribution in [1.29, 1.82) is 0 Å². The smallest absolute Gasteiger partial charge is 0.326 e. The summed E-state index contributed by atoms with van der Waals surface area (Å²) in [5.74, 6) is -1.24. The number of hydrogen-bond donors (Lipinski definition) is 2. The zero-order valence-electron chi connectivity index (χ0n) is 11.9. The van der Waals surface area contributed by atoms with E-state index in [-0.39, 0.29) is 24.6 Å². The normalized spacial score (nSPS) is 17.3. The van der Waals surface area contributed by atoms with Crippen LogP contribution < -0.4 is 5.32 Å². The van der Waals surface area contributed by atoms with Gasteiger partial charge in [0.15, 0.2) is 0 Å². The number of nitro groups is 1. The van der Waals surface area contributed by atoms with Crippen LogP contribution in [0.3, 0.4) is 0 Å². The number of amides is 1. The van der Waals surface area contributed by atoms with Gasteiger partial charge >= 0.3 is 5.97 Å². The third kappa shape index (κ3) is 3.51. The first-order valence-corrected chi connectivity index (χ1v) is 7.00. The molecule has 0 saturated carbocycles. The first-order valence-electron chi connectivity index (χ1n) is 7.00. The Morgan fingerprint density at radius 1 is 1.41 bits per heavy atom. The van der Waals surface area contributed by atoms with Crippen LogP contribution in [0.2, 0.25) is 0 Å². The van der Waals surface area contributed by atoms with Gasteiger partial charge in [-0.1, -0.05) is 12.1 Å². The zero-order chi connectivity index (χ0) is 16.1. The highest BCUT2D eigenvalue weighted by atomic mass is 16.6. The van der Waals surface area contributed by atoms with Gasteiger partial charge in [0.25, 0.3) is 5.69 Å². The molecule has 0 spiro atoms. The van der Waals surface area contributed by atoms with Crippen LogP contribution in [0.5, 0.6) is 0 Å². The first kappa shape index (κ1) is 15.7. The van der Waals surface area contributed by atoms with Crippen molar-refractivity contribution in [2.24, 2.45) is 0 Å². The van der Waals surface area contributed by atoms with Gasteiger partial charge < -0.3 is 15.3 Å². The van der Waals surface area contributed by atoms with Crippen LogP contribution >= 0.6 is 0 Å². The number of nitro benzene ring substituents is 1. The number of benzene rings is 1. The van der Waals surface area contributed by atoms with Crippen LogP contribution in [-0.2, 0) is 9.59 Å². The molecule has 1 aromatic carbocycles. The molecule has 22 heavy (non-hydrogen) atoms. The molecule has 1 heterocycles. The van der Waals surface area contributed by atoms with Crippen molar-refractivity contribution < 1.29 is 19.6 Å². The molecule has 2 rings (SSSR count). The Balaban J connectivity index is 1.90. The second-order valence-corrected chi connectivity index (χ2v) is 5.03. The van der Waals surface area contributed by atoms with E-state index in [1.54, 1.807) is 18.2 Å². The maximum atomic E-state index is 12.1. The SMILES string of the molecule is O=C(O)C1CCCN1C(=O)CCNc1ccccc1[N+](=O)[O-]. The Morgan fingerprint density at radius 2 is 2.14 bits per heavy atom. The minimum absolute atomic E-state index is 0.0560. The average Bonchev–Trinajstić information content (AvgIpc) is 2.97. The van der Waals surface area contributed by atoms with Gasteiger partial charge in [-0.15, -0.1) is 0 Å². The number of nitrogens with one attached hydrogen (secondary N) is 1. The Labute approximate surface area is 126 Å². The van der Waals surface area contributed by atoms with Crippen molar-refractivity contribution in [3.63, 3.8) is 0 Å². The van der Waals surface area contributed by atoms with Gasteiger partial charge in [-0.2, -0.15) is 0 Å². The lowest BCUT2D eigenvalue weighted by Crippen LogP contribution is -2.40. The summed E-state index contributed by atoms with van der Waals surface area (Å²) < 4.78 is 0. The molecule has 1 saturated heterocycles. The highest BCUT2D eigenvalue weighted by molar-refractivity contribution is 5.84. The first-order chi connectivity index (χ1) is 10.5. The quantitative estimate of drug-likeness (QED) is 0.608. The van der Waals surface area contributed by atoms with Crippen LogP contribution in [0.4, 0.5) is 11.4 Å². The van der Waals surface area contributed by atoms with Gasteiger partial charge in [0.05, 0.1) is 4.92 Å². The van der Waals surface area contributed by atoms with E-state index in [4.69, 9.17) is 5.11 Å². The fourth-order valence-corrected chi connectivity index (χ4v) is 2.55. The molecule has 0 bridgehead atoms. The number of carboxylic acid groups (broad SMARTS) is 1. The second-order valence-electron chi connectivity index (χ2n) is 5.03. The van der Waals surface area contributed by atoms with Crippen LogP contribution in [0.1, 0.15) is 19.3 Å². The molecule has 2 N–H and O–H groups in total. The molecular weight excluding hydrogens is 290 g/mol. The lowest BCUT2D eigenvalue weighted by atomic mass is 10.2. The van der Waals surface area contributed by atoms with E-state index < -0.39 is 16.9 Å². The number of rotatable bonds is 6. The van der Waals surface area contributed by atoms with Crippen LogP contribution in [0, 0.1) is 10.1 Å². The number of para-hydroxylation sites is 2. The molecule has 0 aromatic heterocycles. The van der Waals surface area contributed by atoms with Crippen molar-refractivity contribution in [3.8, 4) is 0 Å². The summed E-state index contributed by atoms with van der Waals surface area (Å²) in [4.78, 5) is 34.8. The molecular formula is C14H17N3O5. The molecule has 0 aliphatic carbocycles. The van der Waals surface area contributed by atoms with E-state index in [0.717, 1.165) is 0 Å². The van der Waals surface area contributed by atoms with Crippen LogP contribution in [0.25, 0.3) is 0 Å². The third-order valence-corrected chi connectivity index (χ3v) is 3.61. The molecule has 8 heteroatoms. The Kier molecular flexibility index (Phi) is 4.92. The molecule has 118 valence electrons. The summed E-state index contributed by atoms with van der Waals surface area (Å²) in [6, 6.07) is 5.43. The molecule has 1 unspecified atom stereocenters. The van der Waals surface area contributed by atoms with Gasteiger partial charge in [0, 0.05) is 25.6 Å². The number of carbonyl (C=O) groups is 2. The van der Waals surface area contributed by atoms with E-state index >= 15 is 0 Å². The Bertz CT molecular complexity index is 590. The molecule has 1 aromatic rings. The number of hydrogen-bond acceptors (Lipinski definition) is 5. The van der Waals surface area contributed by atoms with E-state index in [1.165, 1.54) is 11.0 Å². The lowest BCUT2D eigenvalue weighted by molar-refractivity contribution is -0.384. The second kappa shape index (κ2) is 6.88. The molecule has 0 radical (unpaired) electrons. The van der Waals surface area contributed by atoms with Gasteiger partial charge in [-0.25, -0.2) is 4.79 Å². The third-order valence-electron chi connectivity index (χ3n) is 3.61. The number of anilines is 1. The standard InChI is InChI=1S/C14H17N3O5/c18-13(16-9-3-6-12(16)14(19)20)7-8-15-10-4-1-2-5-11(10)17(21)22/h1-2,4-5,12,15H,3,6-9H2,(H,19,20).